The van der Waals surface area contributed by atoms with Crippen LogP contribution in [0.1, 0.15) is 19.5 Å². The number of H-pyrrole nitrogens is 1. The van der Waals surface area contributed by atoms with E-state index >= 15 is 0 Å². The van der Waals surface area contributed by atoms with Crippen LogP contribution < -0.4 is 10.0 Å². The van der Waals surface area contributed by atoms with Crippen molar-refractivity contribution in [2.75, 3.05) is 11.3 Å². The lowest BCUT2D eigenvalue weighted by atomic mass is 10.4. The van der Waals surface area contributed by atoms with Crippen LogP contribution in [-0.2, 0) is 23.1 Å². The fourth-order valence-electron chi connectivity index (χ4n) is 1.89. The lowest BCUT2D eigenvalue weighted by molar-refractivity contribution is 0.600. The predicted molar refractivity (Wildman–Crippen MR) is 76.9 cm³/mol. The number of aromatic nitrogens is 3. The summed E-state index contributed by atoms with van der Waals surface area (Å²) in [5.41, 5.74) is 1.37. The smallest absolute Gasteiger partial charge is 0.263 e. The van der Waals surface area contributed by atoms with E-state index in [4.69, 9.17) is 0 Å². The molecule has 0 saturated heterocycles. The van der Waals surface area contributed by atoms with Gasteiger partial charge in [-0.1, -0.05) is 6.92 Å². The molecule has 0 fully saturated rings. The Labute approximate surface area is 118 Å². The zero-order valence-corrected chi connectivity index (χ0v) is 12.4. The second kappa shape index (κ2) is 6.10. The molecular formula is C12H19N5O2S. The van der Waals surface area contributed by atoms with Gasteiger partial charge in [0, 0.05) is 31.2 Å². The Kier molecular flexibility index (Phi) is 4.46. The molecule has 0 atom stereocenters. The molecule has 3 N–H and O–H groups in total. The topological polar surface area (TPSA) is 91.8 Å². The Morgan fingerprint density at radius 3 is 2.80 bits per heavy atom. The molecule has 2 aromatic heterocycles. The van der Waals surface area contributed by atoms with Crippen molar-refractivity contribution in [2.45, 2.75) is 31.8 Å². The van der Waals surface area contributed by atoms with Crippen molar-refractivity contribution in [1.82, 2.24) is 20.1 Å². The van der Waals surface area contributed by atoms with E-state index in [-0.39, 0.29) is 4.90 Å². The first-order chi connectivity index (χ1) is 9.56. The number of nitrogens with zero attached hydrogens (tertiary/aromatic N) is 2. The van der Waals surface area contributed by atoms with Crippen LogP contribution in [0, 0.1) is 0 Å². The summed E-state index contributed by atoms with van der Waals surface area (Å²) >= 11 is 0. The third kappa shape index (κ3) is 3.20. The van der Waals surface area contributed by atoms with Gasteiger partial charge in [-0.2, -0.15) is 5.10 Å². The number of rotatable bonds is 7. The van der Waals surface area contributed by atoms with Gasteiger partial charge in [-0.15, -0.1) is 0 Å². The van der Waals surface area contributed by atoms with E-state index < -0.39 is 10.0 Å². The Hall–Kier alpha value is -1.80. The maximum Gasteiger partial charge on any atom is 0.263 e. The average molecular weight is 297 g/mol. The molecule has 0 amide bonds. The van der Waals surface area contributed by atoms with Crippen molar-refractivity contribution in [3.8, 4) is 0 Å². The van der Waals surface area contributed by atoms with E-state index in [0.717, 1.165) is 18.8 Å². The minimum Gasteiger partial charge on any atom is -0.349 e. The van der Waals surface area contributed by atoms with Gasteiger partial charge in [0.1, 0.15) is 4.90 Å². The van der Waals surface area contributed by atoms with Crippen LogP contribution in [0.15, 0.2) is 29.6 Å². The highest BCUT2D eigenvalue weighted by atomic mass is 32.2. The second-order valence-corrected chi connectivity index (χ2v) is 6.01. The zero-order valence-electron chi connectivity index (χ0n) is 11.5. The minimum absolute atomic E-state index is 0.258. The van der Waals surface area contributed by atoms with Crippen LogP contribution in [0.4, 0.5) is 5.69 Å². The van der Waals surface area contributed by atoms with Gasteiger partial charge in [0.2, 0.25) is 0 Å². The summed E-state index contributed by atoms with van der Waals surface area (Å²) in [6.07, 6.45) is 4.57. The van der Waals surface area contributed by atoms with Gasteiger partial charge in [-0.05, 0) is 19.5 Å². The third-order valence-electron chi connectivity index (χ3n) is 2.92. The number of nitrogens with one attached hydrogen (secondary N) is 3. The number of hydrogen-bond acceptors (Lipinski definition) is 4. The molecule has 0 aliphatic rings. The van der Waals surface area contributed by atoms with Gasteiger partial charge in [0.25, 0.3) is 10.0 Å². The summed E-state index contributed by atoms with van der Waals surface area (Å²) in [7, 11) is -3.58. The maximum absolute atomic E-state index is 12.3. The molecule has 0 bridgehead atoms. The summed E-state index contributed by atoms with van der Waals surface area (Å²) < 4.78 is 28.9. The van der Waals surface area contributed by atoms with Crippen LogP contribution in [0.5, 0.6) is 0 Å². The molecule has 0 radical (unpaired) electrons. The maximum atomic E-state index is 12.3. The normalized spacial score (nSPS) is 11.7. The molecule has 8 heteroatoms. The average Bonchev–Trinajstić information content (AvgIpc) is 3.04. The van der Waals surface area contributed by atoms with Gasteiger partial charge in [-0.25, -0.2) is 8.42 Å². The van der Waals surface area contributed by atoms with Crippen LogP contribution in [0.25, 0.3) is 0 Å². The van der Waals surface area contributed by atoms with Crippen molar-refractivity contribution in [3.63, 3.8) is 0 Å². The van der Waals surface area contributed by atoms with E-state index in [9.17, 15) is 8.42 Å². The highest BCUT2D eigenvalue weighted by molar-refractivity contribution is 7.92. The van der Waals surface area contributed by atoms with Gasteiger partial charge in [0.05, 0.1) is 11.9 Å². The van der Waals surface area contributed by atoms with E-state index in [1.54, 1.807) is 12.3 Å². The van der Waals surface area contributed by atoms with Crippen LogP contribution in [-0.4, -0.2) is 29.7 Å². The summed E-state index contributed by atoms with van der Waals surface area (Å²) in [6, 6.07) is 1.69. The second-order valence-electron chi connectivity index (χ2n) is 4.33. The lowest BCUT2D eigenvalue weighted by Gasteiger charge is -2.05. The molecule has 0 saturated carbocycles. The molecule has 0 unspecified atom stereocenters. The number of aromatic amines is 1. The van der Waals surface area contributed by atoms with Crippen molar-refractivity contribution in [3.05, 3.63) is 30.4 Å². The monoisotopic (exact) mass is 297 g/mol. The summed E-state index contributed by atoms with van der Waals surface area (Å²) in [4.78, 5) is 0.258. The van der Waals surface area contributed by atoms with Crippen molar-refractivity contribution in [2.24, 2.45) is 0 Å². The Morgan fingerprint density at radius 1 is 1.40 bits per heavy atom. The minimum atomic E-state index is -3.58. The van der Waals surface area contributed by atoms with E-state index in [2.05, 4.69) is 20.2 Å². The van der Waals surface area contributed by atoms with E-state index in [1.807, 2.05) is 18.4 Å². The first-order valence-electron chi connectivity index (χ1n) is 6.48. The predicted octanol–water partition coefficient (Wildman–Crippen LogP) is 1.14. The zero-order chi connectivity index (χ0) is 14.6. The molecule has 0 aliphatic heterocycles. The Bertz CT molecular complexity index is 645. The van der Waals surface area contributed by atoms with Crippen LogP contribution in [0.3, 0.4) is 0 Å². The molecule has 20 heavy (non-hydrogen) atoms. The molecule has 2 aromatic rings. The summed E-state index contributed by atoms with van der Waals surface area (Å²) in [5.74, 6) is 0. The first-order valence-corrected chi connectivity index (χ1v) is 7.96. The van der Waals surface area contributed by atoms with Gasteiger partial charge in [0.15, 0.2) is 0 Å². The third-order valence-corrected chi connectivity index (χ3v) is 4.27. The highest BCUT2D eigenvalue weighted by Gasteiger charge is 2.18. The van der Waals surface area contributed by atoms with E-state index in [1.165, 1.54) is 12.4 Å². The van der Waals surface area contributed by atoms with Crippen LogP contribution in [0.2, 0.25) is 0 Å². The molecule has 7 nitrogen and oxygen atoms in total. The molecule has 110 valence electrons. The standard InChI is InChI=1S/C12H19N5O2S/c1-3-13-8-11-5-12(9-17(11)4-2)20(18,19)16-10-6-14-15-7-10/h5-7,9,13,16H,3-4,8H2,1-2H3,(H,14,15). The molecule has 2 rings (SSSR count). The molecule has 0 aliphatic carbocycles. The molecule has 2 heterocycles. The largest absolute Gasteiger partial charge is 0.349 e. The summed E-state index contributed by atoms with van der Waals surface area (Å²) in [5, 5.41) is 9.48. The SMILES string of the molecule is CCNCc1cc(S(=O)(=O)Nc2cn[nH]c2)cn1CC. The van der Waals surface area contributed by atoms with Crippen molar-refractivity contribution < 1.29 is 8.42 Å². The Morgan fingerprint density at radius 2 is 2.20 bits per heavy atom. The number of sulfonamides is 1. The molecule has 0 spiro atoms. The highest BCUT2D eigenvalue weighted by Crippen LogP contribution is 2.18. The fraction of sp³-hybridized carbons (Fsp3) is 0.417. The van der Waals surface area contributed by atoms with Gasteiger partial charge in [-0.3, -0.25) is 9.82 Å². The Balaban J connectivity index is 2.25. The number of anilines is 1. The summed E-state index contributed by atoms with van der Waals surface area (Å²) in [6.45, 7) is 6.20. The molecule has 0 aromatic carbocycles. The van der Waals surface area contributed by atoms with Crippen molar-refractivity contribution >= 4 is 15.7 Å². The van der Waals surface area contributed by atoms with Gasteiger partial charge < -0.3 is 9.88 Å². The van der Waals surface area contributed by atoms with Gasteiger partial charge >= 0.3 is 0 Å². The number of aryl methyl sites for hydroxylation is 1. The van der Waals surface area contributed by atoms with Crippen LogP contribution >= 0.6 is 0 Å². The fourth-order valence-corrected chi connectivity index (χ4v) is 2.99. The first kappa shape index (κ1) is 14.6. The lowest BCUT2D eigenvalue weighted by Crippen LogP contribution is -2.14. The number of hydrogen-bond donors (Lipinski definition) is 3. The van der Waals surface area contributed by atoms with E-state index in [0.29, 0.717) is 12.2 Å². The quantitative estimate of drug-likeness (QED) is 0.714. The van der Waals surface area contributed by atoms with Crippen molar-refractivity contribution in [1.29, 1.82) is 0 Å². The molecular weight excluding hydrogens is 278 g/mol.